The molecule has 0 unspecified atom stereocenters. The molecule has 0 aliphatic carbocycles. The number of benzene rings is 3. The lowest BCUT2D eigenvalue weighted by atomic mass is 10.0. The van der Waals surface area contributed by atoms with Crippen LogP contribution in [-0.4, -0.2) is 11.0 Å². The fraction of sp³-hybridized carbons (Fsp3) is 0. The Morgan fingerprint density at radius 3 is 2.23 bits per heavy atom. The molecule has 26 heavy (non-hydrogen) atoms. The summed E-state index contributed by atoms with van der Waals surface area (Å²) in [5, 5.41) is 12.0. The van der Waals surface area contributed by atoms with Crippen LogP contribution in [0.15, 0.2) is 54.6 Å². The number of carbonyl (C=O) groups excluding carboxylic acids is 1. The van der Waals surface area contributed by atoms with Crippen LogP contribution in [0.4, 0.5) is 23.2 Å². The normalized spacial score (nSPS) is 10.6. The van der Waals surface area contributed by atoms with Gasteiger partial charge in [0.05, 0.1) is 11.3 Å². The van der Waals surface area contributed by atoms with Crippen molar-refractivity contribution in [1.29, 1.82) is 0 Å². The Hall–Kier alpha value is -3.35. The number of phenolic OH excluding ortho intramolecular Hbond substituents is 1. The van der Waals surface area contributed by atoms with Gasteiger partial charge >= 0.3 is 0 Å². The summed E-state index contributed by atoms with van der Waals surface area (Å²) in [5.74, 6) is -4.59. The minimum atomic E-state index is -0.920. The van der Waals surface area contributed by atoms with Crippen molar-refractivity contribution in [3.05, 3.63) is 83.4 Å². The quantitative estimate of drug-likeness (QED) is 0.654. The molecule has 2 N–H and O–H groups in total. The standard InChI is InChI=1S/C19H11F4NO2/c20-11-2-4-13(16(23)8-11)10-1-6-18(25)14(7-10)19(26)24-17-9-12(21)3-5-15(17)22/h1-9,25H,(H,24,26). The highest BCUT2D eigenvalue weighted by Gasteiger charge is 2.16. The Bertz CT molecular complexity index is 1000. The number of nitrogens with one attached hydrogen (secondary N) is 1. The summed E-state index contributed by atoms with van der Waals surface area (Å²) in [5.41, 5.74) is -0.481. The van der Waals surface area contributed by atoms with Gasteiger partial charge in [-0.15, -0.1) is 0 Å². The van der Waals surface area contributed by atoms with E-state index < -0.39 is 40.6 Å². The summed E-state index contributed by atoms with van der Waals surface area (Å²) >= 11 is 0. The Morgan fingerprint density at radius 1 is 0.808 bits per heavy atom. The predicted octanol–water partition coefficient (Wildman–Crippen LogP) is 4.87. The Kier molecular flexibility index (Phi) is 4.62. The van der Waals surface area contributed by atoms with Gasteiger partial charge in [0.15, 0.2) is 0 Å². The maximum atomic E-state index is 13.9. The van der Waals surface area contributed by atoms with Crippen LogP contribution in [0.1, 0.15) is 10.4 Å². The molecule has 3 nitrogen and oxygen atoms in total. The number of amides is 1. The van der Waals surface area contributed by atoms with Crippen molar-refractivity contribution in [2.75, 3.05) is 5.32 Å². The lowest BCUT2D eigenvalue weighted by Crippen LogP contribution is -2.13. The first kappa shape index (κ1) is 17.5. The van der Waals surface area contributed by atoms with E-state index in [0.29, 0.717) is 6.07 Å². The van der Waals surface area contributed by atoms with E-state index in [-0.39, 0.29) is 16.7 Å². The van der Waals surface area contributed by atoms with Gasteiger partial charge in [0.25, 0.3) is 5.91 Å². The van der Waals surface area contributed by atoms with Gasteiger partial charge in [-0.2, -0.15) is 0 Å². The van der Waals surface area contributed by atoms with Crippen LogP contribution in [0.5, 0.6) is 5.75 Å². The van der Waals surface area contributed by atoms with E-state index in [1.165, 1.54) is 12.1 Å². The van der Waals surface area contributed by atoms with Crippen LogP contribution < -0.4 is 5.32 Å². The van der Waals surface area contributed by atoms with Gasteiger partial charge in [0.2, 0.25) is 0 Å². The monoisotopic (exact) mass is 361 g/mol. The summed E-state index contributed by atoms with van der Waals surface area (Å²) in [4.78, 5) is 12.3. The number of phenols is 1. The molecule has 3 aromatic carbocycles. The first-order chi connectivity index (χ1) is 12.3. The second-order valence-corrected chi connectivity index (χ2v) is 5.43. The molecule has 0 heterocycles. The maximum absolute atomic E-state index is 13.9. The van der Waals surface area contributed by atoms with E-state index in [4.69, 9.17) is 0 Å². The van der Waals surface area contributed by atoms with Crippen molar-refractivity contribution in [1.82, 2.24) is 0 Å². The number of hydrogen-bond acceptors (Lipinski definition) is 2. The molecule has 1 amide bonds. The number of halogens is 4. The summed E-state index contributed by atoms with van der Waals surface area (Å²) in [6.45, 7) is 0. The van der Waals surface area contributed by atoms with Gasteiger partial charge in [-0.05, 0) is 42.0 Å². The van der Waals surface area contributed by atoms with Gasteiger partial charge in [0, 0.05) is 17.7 Å². The maximum Gasteiger partial charge on any atom is 0.259 e. The second kappa shape index (κ2) is 6.87. The number of aromatic hydroxyl groups is 1. The minimum Gasteiger partial charge on any atom is -0.507 e. The molecule has 0 radical (unpaired) electrons. The Labute approximate surface area is 145 Å². The minimum absolute atomic E-state index is 0.0115. The molecule has 0 saturated heterocycles. The average molecular weight is 361 g/mol. The van der Waals surface area contributed by atoms with Crippen LogP contribution in [0, 0.1) is 23.3 Å². The van der Waals surface area contributed by atoms with Crippen molar-refractivity contribution >= 4 is 11.6 Å². The molecule has 0 saturated carbocycles. The molecule has 0 bridgehead atoms. The second-order valence-electron chi connectivity index (χ2n) is 5.43. The van der Waals surface area contributed by atoms with E-state index in [2.05, 4.69) is 5.32 Å². The third-order valence-corrected chi connectivity index (χ3v) is 3.66. The van der Waals surface area contributed by atoms with Crippen molar-refractivity contribution in [2.45, 2.75) is 0 Å². The SMILES string of the molecule is O=C(Nc1cc(F)ccc1F)c1cc(-c2ccc(F)cc2F)ccc1O. The lowest BCUT2D eigenvalue weighted by molar-refractivity contribution is 0.102. The fourth-order valence-electron chi connectivity index (χ4n) is 2.39. The van der Waals surface area contributed by atoms with Gasteiger partial charge in [-0.3, -0.25) is 4.79 Å². The third kappa shape index (κ3) is 3.51. The number of rotatable bonds is 3. The van der Waals surface area contributed by atoms with Crippen molar-refractivity contribution < 1.29 is 27.5 Å². The molecule has 0 aliphatic rings. The zero-order valence-electron chi connectivity index (χ0n) is 13.1. The fourth-order valence-corrected chi connectivity index (χ4v) is 2.39. The third-order valence-electron chi connectivity index (χ3n) is 3.66. The summed E-state index contributed by atoms with van der Waals surface area (Å²) in [7, 11) is 0. The number of carbonyl (C=O) groups is 1. The van der Waals surface area contributed by atoms with Crippen LogP contribution >= 0.6 is 0 Å². The van der Waals surface area contributed by atoms with E-state index >= 15 is 0 Å². The molecule has 3 aromatic rings. The number of hydrogen-bond donors (Lipinski definition) is 2. The Balaban J connectivity index is 1.97. The highest BCUT2D eigenvalue weighted by atomic mass is 19.1. The summed E-state index contributed by atoms with van der Waals surface area (Å²) < 4.78 is 53.8. The molecule has 0 fully saturated rings. The van der Waals surface area contributed by atoms with Crippen LogP contribution in [0.25, 0.3) is 11.1 Å². The first-order valence-corrected chi connectivity index (χ1v) is 7.40. The van der Waals surface area contributed by atoms with E-state index in [1.807, 2.05) is 0 Å². The van der Waals surface area contributed by atoms with Crippen molar-refractivity contribution in [3.63, 3.8) is 0 Å². The van der Waals surface area contributed by atoms with Gasteiger partial charge in [0.1, 0.15) is 29.0 Å². The van der Waals surface area contributed by atoms with Gasteiger partial charge < -0.3 is 10.4 Å². The van der Waals surface area contributed by atoms with E-state index in [0.717, 1.165) is 36.4 Å². The first-order valence-electron chi connectivity index (χ1n) is 7.40. The largest absolute Gasteiger partial charge is 0.507 e. The zero-order chi connectivity index (χ0) is 18.8. The van der Waals surface area contributed by atoms with Crippen LogP contribution in [0.3, 0.4) is 0 Å². The molecule has 7 heteroatoms. The number of anilines is 1. The Morgan fingerprint density at radius 2 is 1.50 bits per heavy atom. The van der Waals surface area contributed by atoms with E-state index in [9.17, 15) is 27.5 Å². The van der Waals surface area contributed by atoms with Crippen molar-refractivity contribution in [2.24, 2.45) is 0 Å². The van der Waals surface area contributed by atoms with Gasteiger partial charge in [-0.1, -0.05) is 6.07 Å². The zero-order valence-corrected chi connectivity index (χ0v) is 13.1. The van der Waals surface area contributed by atoms with E-state index in [1.54, 1.807) is 0 Å². The average Bonchev–Trinajstić information content (AvgIpc) is 2.59. The van der Waals surface area contributed by atoms with Crippen molar-refractivity contribution in [3.8, 4) is 16.9 Å². The smallest absolute Gasteiger partial charge is 0.259 e. The lowest BCUT2D eigenvalue weighted by Gasteiger charge is -2.10. The van der Waals surface area contributed by atoms with Crippen LogP contribution in [0.2, 0.25) is 0 Å². The highest BCUT2D eigenvalue weighted by molar-refractivity contribution is 6.06. The summed E-state index contributed by atoms with van der Waals surface area (Å²) in [6, 6.07) is 9.09. The van der Waals surface area contributed by atoms with Crippen LogP contribution in [-0.2, 0) is 0 Å². The molecule has 0 aromatic heterocycles. The summed E-state index contributed by atoms with van der Waals surface area (Å²) in [6.07, 6.45) is 0. The molecular weight excluding hydrogens is 350 g/mol. The highest BCUT2D eigenvalue weighted by Crippen LogP contribution is 2.29. The molecule has 0 atom stereocenters. The predicted molar refractivity (Wildman–Crippen MR) is 87.8 cm³/mol. The van der Waals surface area contributed by atoms with Gasteiger partial charge in [-0.25, -0.2) is 17.6 Å². The molecule has 0 spiro atoms. The molecule has 132 valence electrons. The molecule has 0 aliphatic heterocycles. The molecule has 3 rings (SSSR count). The topological polar surface area (TPSA) is 49.3 Å². The molecular formula is C19H11F4NO2.